The smallest absolute Gasteiger partial charge is 0.408 e. The second kappa shape index (κ2) is 10.0. The number of aromatic nitrogens is 1. The van der Waals surface area contributed by atoms with Gasteiger partial charge >= 0.3 is 5.76 Å². The molecule has 33 heavy (non-hydrogen) atoms. The number of aryl methyl sites for hydroxylation is 1. The summed E-state index contributed by atoms with van der Waals surface area (Å²) in [5.41, 5.74) is 2.84. The fraction of sp³-hybridized carbons (Fsp3) is 0.400. The zero-order valence-electron chi connectivity index (χ0n) is 18.6. The SMILES string of the molecule is Cn1c(=O)oc2ccc(-c3ccc(CC(C#N)NC(=O)C4CCCCCNC4)c(F)c3)cc21. The highest BCUT2D eigenvalue weighted by molar-refractivity contribution is 5.81. The van der Waals surface area contributed by atoms with Gasteiger partial charge in [0.1, 0.15) is 11.9 Å². The highest BCUT2D eigenvalue weighted by Crippen LogP contribution is 2.26. The van der Waals surface area contributed by atoms with Crippen molar-refractivity contribution in [2.45, 2.75) is 38.1 Å². The normalized spacial score (nSPS) is 17.7. The number of halogens is 1. The third-order valence-corrected chi connectivity index (χ3v) is 6.24. The van der Waals surface area contributed by atoms with E-state index in [9.17, 15) is 19.2 Å². The van der Waals surface area contributed by atoms with Crippen molar-refractivity contribution in [2.24, 2.45) is 13.0 Å². The van der Waals surface area contributed by atoms with Gasteiger partial charge in [0.15, 0.2) is 5.58 Å². The number of carbonyl (C=O) groups is 1. The van der Waals surface area contributed by atoms with Gasteiger partial charge in [-0.3, -0.25) is 9.36 Å². The van der Waals surface area contributed by atoms with Crippen LogP contribution in [0.2, 0.25) is 0 Å². The van der Waals surface area contributed by atoms with Crippen LogP contribution in [-0.4, -0.2) is 29.6 Å². The van der Waals surface area contributed by atoms with Crippen LogP contribution >= 0.6 is 0 Å². The Balaban J connectivity index is 1.47. The number of rotatable bonds is 5. The molecule has 2 unspecified atom stereocenters. The first-order valence-electron chi connectivity index (χ1n) is 11.3. The summed E-state index contributed by atoms with van der Waals surface area (Å²) in [7, 11) is 1.62. The molecule has 2 N–H and O–H groups in total. The first-order valence-corrected chi connectivity index (χ1v) is 11.3. The van der Waals surface area contributed by atoms with Gasteiger partial charge in [-0.05, 0) is 54.3 Å². The number of nitriles is 1. The average Bonchev–Trinajstić information content (AvgIpc) is 3.07. The standard InChI is InChI=1S/C25H27FN4O3/c1-30-22-13-17(8-9-23(22)33-25(30)32)16-6-7-18(21(26)12-16)11-20(14-27)29-24(31)19-5-3-2-4-10-28-15-19/h6-9,12-13,19-20,28H,2-5,10-11,15H2,1H3,(H,29,31). The third-order valence-electron chi connectivity index (χ3n) is 6.24. The molecule has 2 atom stereocenters. The predicted octanol–water partition coefficient (Wildman–Crippen LogP) is 3.27. The third kappa shape index (κ3) is 5.15. The fourth-order valence-corrected chi connectivity index (χ4v) is 4.26. The van der Waals surface area contributed by atoms with Crippen LogP contribution in [0.25, 0.3) is 22.2 Å². The van der Waals surface area contributed by atoms with Gasteiger partial charge < -0.3 is 15.1 Å². The van der Waals surface area contributed by atoms with Gasteiger partial charge in [-0.1, -0.05) is 31.0 Å². The van der Waals surface area contributed by atoms with E-state index in [1.165, 1.54) is 10.6 Å². The van der Waals surface area contributed by atoms with E-state index in [1.54, 1.807) is 37.4 Å². The number of benzene rings is 2. The van der Waals surface area contributed by atoms with Crippen molar-refractivity contribution in [1.82, 2.24) is 15.2 Å². The Morgan fingerprint density at radius 2 is 2.06 bits per heavy atom. The van der Waals surface area contributed by atoms with Crippen LogP contribution in [0.15, 0.2) is 45.6 Å². The van der Waals surface area contributed by atoms with Gasteiger partial charge in [0, 0.05) is 20.0 Å². The Bertz CT molecular complexity index is 1250. The zero-order valence-corrected chi connectivity index (χ0v) is 18.6. The van der Waals surface area contributed by atoms with Crippen LogP contribution in [-0.2, 0) is 18.3 Å². The number of amides is 1. The van der Waals surface area contributed by atoms with Crippen LogP contribution < -0.4 is 16.4 Å². The summed E-state index contributed by atoms with van der Waals surface area (Å²) in [6, 6.07) is 11.3. The summed E-state index contributed by atoms with van der Waals surface area (Å²) in [6.45, 7) is 1.49. The van der Waals surface area contributed by atoms with Gasteiger partial charge in [-0.25, -0.2) is 9.18 Å². The molecule has 3 aromatic rings. The van der Waals surface area contributed by atoms with Crippen LogP contribution in [0, 0.1) is 23.1 Å². The first kappa shape index (κ1) is 22.7. The molecular formula is C25H27FN4O3. The van der Waals surface area contributed by atoms with E-state index >= 15 is 0 Å². The zero-order chi connectivity index (χ0) is 23.4. The lowest BCUT2D eigenvalue weighted by molar-refractivity contribution is -0.125. The minimum atomic E-state index is -0.805. The van der Waals surface area contributed by atoms with E-state index < -0.39 is 17.6 Å². The summed E-state index contributed by atoms with van der Waals surface area (Å²) in [4.78, 5) is 24.4. The number of hydrogen-bond donors (Lipinski definition) is 2. The highest BCUT2D eigenvalue weighted by Gasteiger charge is 2.23. The quantitative estimate of drug-likeness (QED) is 0.622. The molecule has 1 amide bonds. The number of oxazole rings is 1. The van der Waals surface area contributed by atoms with E-state index in [0.29, 0.717) is 28.8 Å². The second-order valence-corrected chi connectivity index (χ2v) is 8.56. The Morgan fingerprint density at radius 3 is 2.85 bits per heavy atom. The molecular weight excluding hydrogens is 423 g/mol. The Kier molecular flexibility index (Phi) is 6.90. The lowest BCUT2D eigenvalue weighted by Gasteiger charge is -2.21. The Morgan fingerprint density at radius 1 is 1.27 bits per heavy atom. The van der Waals surface area contributed by atoms with Crippen molar-refractivity contribution in [3.05, 3.63) is 58.3 Å². The minimum absolute atomic E-state index is 0.0871. The van der Waals surface area contributed by atoms with Crippen LogP contribution in [0.5, 0.6) is 0 Å². The number of fused-ring (bicyclic) bond motifs is 1. The molecule has 8 heteroatoms. The van der Waals surface area contributed by atoms with E-state index in [1.807, 2.05) is 0 Å². The monoisotopic (exact) mass is 450 g/mol. The number of carbonyl (C=O) groups excluding carboxylic acids is 1. The molecule has 4 rings (SSSR count). The van der Waals surface area contributed by atoms with E-state index in [2.05, 4.69) is 16.7 Å². The van der Waals surface area contributed by atoms with Crippen molar-refractivity contribution in [2.75, 3.05) is 13.1 Å². The van der Waals surface area contributed by atoms with Crippen molar-refractivity contribution in [3.8, 4) is 17.2 Å². The molecule has 1 fully saturated rings. The van der Waals surface area contributed by atoms with E-state index in [-0.39, 0.29) is 18.2 Å². The van der Waals surface area contributed by atoms with Gasteiger partial charge in [-0.2, -0.15) is 5.26 Å². The largest absolute Gasteiger partial charge is 0.419 e. The first-order chi connectivity index (χ1) is 16.0. The Labute approximate surface area is 191 Å². The average molecular weight is 451 g/mol. The van der Waals surface area contributed by atoms with Gasteiger partial charge in [0.2, 0.25) is 5.91 Å². The summed E-state index contributed by atoms with van der Waals surface area (Å²) >= 11 is 0. The van der Waals surface area contributed by atoms with Crippen LogP contribution in [0.4, 0.5) is 4.39 Å². The molecule has 0 spiro atoms. The van der Waals surface area contributed by atoms with Crippen molar-refractivity contribution >= 4 is 17.0 Å². The number of nitrogens with one attached hydrogen (secondary N) is 2. The molecule has 1 aliphatic rings. The lowest BCUT2D eigenvalue weighted by atomic mass is 9.97. The maximum atomic E-state index is 14.9. The van der Waals surface area contributed by atoms with Crippen molar-refractivity contribution in [1.29, 1.82) is 5.26 Å². The molecule has 172 valence electrons. The summed E-state index contributed by atoms with van der Waals surface area (Å²) in [6.07, 6.45) is 4.06. The van der Waals surface area contributed by atoms with Crippen LogP contribution in [0.3, 0.4) is 0 Å². The predicted molar refractivity (Wildman–Crippen MR) is 123 cm³/mol. The summed E-state index contributed by atoms with van der Waals surface area (Å²) in [5.74, 6) is -1.24. The number of hydrogen-bond acceptors (Lipinski definition) is 5. The maximum Gasteiger partial charge on any atom is 0.419 e. The molecule has 1 aromatic heterocycles. The van der Waals surface area contributed by atoms with Crippen molar-refractivity contribution < 1.29 is 13.6 Å². The topological polar surface area (TPSA) is 100 Å². The summed E-state index contributed by atoms with van der Waals surface area (Å²) in [5, 5.41) is 15.6. The molecule has 1 saturated heterocycles. The highest BCUT2D eigenvalue weighted by atomic mass is 19.1. The molecule has 2 heterocycles. The fourth-order valence-electron chi connectivity index (χ4n) is 4.26. The molecule has 0 radical (unpaired) electrons. The molecule has 7 nitrogen and oxygen atoms in total. The van der Waals surface area contributed by atoms with Gasteiger partial charge in [-0.15, -0.1) is 0 Å². The van der Waals surface area contributed by atoms with E-state index in [4.69, 9.17) is 4.42 Å². The maximum absolute atomic E-state index is 14.9. The minimum Gasteiger partial charge on any atom is -0.408 e. The Hall–Kier alpha value is -3.44. The lowest BCUT2D eigenvalue weighted by Crippen LogP contribution is -2.43. The van der Waals surface area contributed by atoms with Crippen LogP contribution in [0.1, 0.15) is 31.2 Å². The molecule has 1 aliphatic heterocycles. The van der Waals surface area contributed by atoms with Gasteiger partial charge in [0.25, 0.3) is 0 Å². The summed E-state index contributed by atoms with van der Waals surface area (Å²) < 4.78 is 21.5. The second-order valence-electron chi connectivity index (χ2n) is 8.56. The molecule has 0 bridgehead atoms. The van der Waals surface area contributed by atoms with Gasteiger partial charge in [0.05, 0.1) is 17.5 Å². The molecule has 0 saturated carbocycles. The van der Waals surface area contributed by atoms with E-state index in [0.717, 1.165) is 37.8 Å². The molecule has 0 aliphatic carbocycles. The number of nitrogens with zero attached hydrogens (tertiary/aromatic N) is 2. The van der Waals surface area contributed by atoms with Crippen molar-refractivity contribution in [3.63, 3.8) is 0 Å². The molecule has 2 aromatic carbocycles.